The van der Waals surface area contributed by atoms with Crippen molar-refractivity contribution in [2.75, 3.05) is 0 Å². The Morgan fingerprint density at radius 2 is 1.45 bits per heavy atom. The SMILES string of the molecule is Cc1ccc(-c2nnc(-c3ccc(C(=O)NC(C)c4ccc(F)c(F)c4)cc3)o2)cc1. The van der Waals surface area contributed by atoms with Crippen LogP contribution >= 0.6 is 0 Å². The second-order valence-corrected chi connectivity index (χ2v) is 7.22. The molecule has 0 spiro atoms. The highest BCUT2D eigenvalue weighted by Crippen LogP contribution is 2.24. The fourth-order valence-electron chi connectivity index (χ4n) is 3.06. The van der Waals surface area contributed by atoms with Crippen molar-refractivity contribution in [2.24, 2.45) is 0 Å². The molecule has 4 aromatic rings. The van der Waals surface area contributed by atoms with E-state index < -0.39 is 17.7 Å². The molecule has 0 aliphatic heterocycles. The number of hydrogen-bond acceptors (Lipinski definition) is 4. The number of carbonyl (C=O) groups excluding carboxylic acids is 1. The molecule has 1 N–H and O–H groups in total. The maximum Gasteiger partial charge on any atom is 0.251 e. The van der Waals surface area contributed by atoms with Crippen LogP contribution in [0.1, 0.15) is 34.5 Å². The Kier molecular flexibility index (Phi) is 5.58. The van der Waals surface area contributed by atoms with Crippen LogP contribution in [0.15, 0.2) is 71.1 Å². The molecule has 31 heavy (non-hydrogen) atoms. The zero-order valence-corrected chi connectivity index (χ0v) is 16.9. The minimum Gasteiger partial charge on any atom is -0.416 e. The van der Waals surface area contributed by atoms with Crippen LogP contribution < -0.4 is 5.32 Å². The minimum atomic E-state index is -0.951. The van der Waals surface area contributed by atoms with E-state index in [0.717, 1.165) is 23.3 Å². The Bertz CT molecular complexity index is 1220. The average molecular weight is 419 g/mol. The molecule has 0 aliphatic rings. The summed E-state index contributed by atoms with van der Waals surface area (Å²) in [5, 5.41) is 10.9. The summed E-state index contributed by atoms with van der Waals surface area (Å²) in [7, 11) is 0. The molecule has 0 saturated carbocycles. The van der Waals surface area contributed by atoms with Gasteiger partial charge in [0, 0.05) is 16.7 Å². The van der Waals surface area contributed by atoms with Gasteiger partial charge in [-0.2, -0.15) is 0 Å². The number of nitrogens with zero attached hydrogens (tertiary/aromatic N) is 2. The number of amides is 1. The molecular formula is C24H19F2N3O2. The summed E-state index contributed by atoms with van der Waals surface area (Å²) in [5.41, 5.74) is 3.52. The quantitative estimate of drug-likeness (QED) is 0.465. The number of nitrogens with one attached hydrogen (secondary N) is 1. The summed E-state index contributed by atoms with van der Waals surface area (Å²) in [6.07, 6.45) is 0. The summed E-state index contributed by atoms with van der Waals surface area (Å²) >= 11 is 0. The number of aryl methyl sites for hydroxylation is 1. The van der Waals surface area contributed by atoms with Crippen LogP contribution in [0.3, 0.4) is 0 Å². The molecule has 1 heterocycles. The van der Waals surface area contributed by atoms with Gasteiger partial charge < -0.3 is 9.73 Å². The Labute approximate surface area is 177 Å². The molecule has 4 rings (SSSR count). The number of hydrogen-bond donors (Lipinski definition) is 1. The van der Waals surface area contributed by atoms with Gasteiger partial charge in [0.25, 0.3) is 5.91 Å². The van der Waals surface area contributed by atoms with Crippen molar-refractivity contribution in [1.29, 1.82) is 0 Å². The first kappa shape index (κ1) is 20.4. The fourth-order valence-corrected chi connectivity index (χ4v) is 3.06. The van der Waals surface area contributed by atoms with Crippen LogP contribution in [0.5, 0.6) is 0 Å². The van der Waals surface area contributed by atoms with Gasteiger partial charge in [0.05, 0.1) is 6.04 Å². The first-order valence-electron chi connectivity index (χ1n) is 9.67. The van der Waals surface area contributed by atoms with Crippen LogP contribution in [0.2, 0.25) is 0 Å². The third-order valence-corrected chi connectivity index (χ3v) is 4.91. The molecule has 0 bridgehead atoms. The zero-order valence-electron chi connectivity index (χ0n) is 16.9. The van der Waals surface area contributed by atoms with Crippen LogP contribution in [-0.2, 0) is 0 Å². The predicted octanol–water partition coefficient (Wildman–Crippen LogP) is 5.48. The van der Waals surface area contributed by atoms with Gasteiger partial charge in [-0.05, 0) is 67.9 Å². The standard InChI is InChI=1S/C24H19F2N3O2/c1-14-3-5-17(6-4-14)23-28-29-24(31-23)18-9-7-16(8-10-18)22(30)27-15(2)19-11-12-20(25)21(26)13-19/h3-13,15H,1-2H3,(H,27,30). The Morgan fingerprint density at radius 3 is 2.03 bits per heavy atom. The van der Waals surface area contributed by atoms with Crippen LogP contribution in [0.25, 0.3) is 22.9 Å². The number of aromatic nitrogens is 2. The first-order chi connectivity index (χ1) is 14.9. The highest BCUT2D eigenvalue weighted by atomic mass is 19.2. The molecule has 1 unspecified atom stereocenters. The smallest absolute Gasteiger partial charge is 0.251 e. The maximum atomic E-state index is 13.4. The zero-order chi connectivity index (χ0) is 22.0. The molecule has 5 nitrogen and oxygen atoms in total. The Hall–Kier alpha value is -3.87. The van der Waals surface area contributed by atoms with E-state index in [1.807, 2.05) is 31.2 Å². The minimum absolute atomic E-state index is 0.338. The van der Waals surface area contributed by atoms with Crippen molar-refractivity contribution < 1.29 is 18.0 Å². The molecule has 1 amide bonds. The Balaban J connectivity index is 1.46. The highest BCUT2D eigenvalue weighted by molar-refractivity contribution is 5.94. The molecule has 7 heteroatoms. The van der Waals surface area contributed by atoms with E-state index >= 15 is 0 Å². The normalized spacial score (nSPS) is 11.9. The van der Waals surface area contributed by atoms with Gasteiger partial charge in [0.2, 0.25) is 11.8 Å². The third kappa shape index (κ3) is 4.50. The number of halogens is 2. The first-order valence-corrected chi connectivity index (χ1v) is 9.67. The van der Waals surface area contributed by atoms with Gasteiger partial charge in [0.15, 0.2) is 11.6 Å². The van der Waals surface area contributed by atoms with Gasteiger partial charge in [-0.3, -0.25) is 4.79 Å². The predicted molar refractivity (Wildman–Crippen MR) is 112 cm³/mol. The summed E-state index contributed by atoms with van der Waals surface area (Å²) in [6.45, 7) is 3.70. The third-order valence-electron chi connectivity index (χ3n) is 4.91. The molecular weight excluding hydrogens is 400 g/mol. The van der Waals surface area contributed by atoms with Gasteiger partial charge in [-0.1, -0.05) is 23.8 Å². The molecule has 156 valence electrons. The second-order valence-electron chi connectivity index (χ2n) is 7.22. The summed E-state index contributed by atoms with van der Waals surface area (Å²) in [5.74, 6) is -1.46. The van der Waals surface area contributed by atoms with Gasteiger partial charge in [-0.25, -0.2) is 8.78 Å². The van der Waals surface area contributed by atoms with E-state index in [0.29, 0.717) is 28.5 Å². The van der Waals surface area contributed by atoms with Crippen LogP contribution in [0.4, 0.5) is 8.78 Å². The second kappa shape index (κ2) is 8.47. The van der Waals surface area contributed by atoms with E-state index in [4.69, 9.17) is 4.42 Å². The van der Waals surface area contributed by atoms with Gasteiger partial charge >= 0.3 is 0 Å². The summed E-state index contributed by atoms with van der Waals surface area (Å²) in [4.78, 5) is 12.5. The summed E-state index contributed by atoms with van der Waals surface area (Å²) < 4.78 is 32.3. The molecule has 0 radical (unpaired) electrons. The lowest BCUT2D eigenvalue weighted by atomic mass is 10.1. The number of rotatable bonds is 5. The lowest BCUT2D eigenvalue weighted by molar-refractivity contribution is 0.0940. The van der Waals surface area contributed by atoms with E-state index in [9.17, 15) is 13.6 Å². The van der Waals surface area contributed by atoms with Crippen molar-refractivity contribution in [3.05, 3.63) is 95.1 Å². The largest absolute Gasteiger partial charge is 0.416 e. The lowest BCUT2D eigenvalue weighted by Gasteiger charge is -2.14. The molecule has 0 saturated heterocycles. The van der Waals surface area contributed by atoms with E-state index in [-0.39, 0.29) is 5.91 Å². The Morgan fingerprint density at radius 1 is 0.871 bits per heavy atom. The van der Waals surface area contributed by atoms with E-state index in [1.54, 1.807) is 31.2 Å². The number of carbonyl (C=O) groups is 1. The topological polar surface area (TPSA) is 68.0 Å². The molecule has 1 atom stereocenters. The fraction of sp³-hybridized carbons (Fsp3) is 0.125. The van der Waals surface area contributed by atoms with Crippen LogP contribution in [0, 0.1) is 18.6 Å². The van der Waals surface area contributed by atoms with Crippen LogP contribution in [-0.4, -0.2) is 16.1 Å². The van der Waals surface area contributed by atoms with Crippen molar-refractivity contribution in [3.63, 3.8) is 0 Å². The lowest BCUT2D eigenvalue weighted by Crippen LogP contribution is -2.26. The molecule has 0 aliphatic carbocycles. The van der Waals surface area contributed by atoms with Crippen molar-refractivity contribution in [2.45, 2.75) is 19.9 Å². The molecule has 3 aromatic carbocycles. The maximum absolute atomic E-state index is 13.4. The summed E-state index contributed by atoms with van der Waals surface area (Å²) in [6, 6.07) is 17.5. The average Bonchev–Trinajstić information content (AvgIpc) is 3.26. The van der Waals surface area contributed by atoms with Crippen molar-refractivity contribution in [3.8, 4) is 22.9 Å². The highest BCUT2D eigenvalue weighted by Gasteiger charge is 2.15. The molecule has 0 fully saturated rings. The van der Waals surface area contributed by atoms with E-state index in [1.165, 1.54) is 6.07 Å². The van der Waals surface area contributed by atoms with Crippen molar-refractivity contribution in [1.82, 2.24) is 15.5 Å². The monoisotopic (exact) mass is 419 g/mol. The van der Waals surface area contributed by atoms with Gasteiger partial charge in [0.1, 0.15) is 0 Å². The van der Waals surface area contributed by atoms with Crippen molar-refractivity contribution >= 4 is 5.91 Å². The van der Waals surface area contributed by atoms with Gasteiger partial charge in [-0.15, -0.1) is 10.2 Å². The number of benzene rings is 3. The molecule has 1 aromatic heterocycles. The van der Waals surface area contributed by atoms with E-state index in [2.05, 4.69) is 15.5 Å².